The Balaban J connectivity index is 2.00. The fraction of sp³-hybridized carbons (Fsp3) is 0.346. The molecule has 1 unspecified atom stereocenters. The summed E-state index contributed by atoms with van der Waals surface area (Å²) in [5.74, 6) is -0.685. The fourth-order valence-electron chi connectivity index (χ4n) is 4.52. The van der Waals surface area contributed by atoms with E-state index in [4.69, 9.17) is 9.47 Å². The lowest BCUT2D eigenvalue weighted by molar-refractivity contribution is -0.140. The van der Waals surface area contributed by atoms with Gasteiger partial charge in [-0.2, -0.15) is 0 Å². The predicted octanol–water partition coefficient (Wildman–Crippen LogP) is 2.95. The standard InChI is InChI=1S/C26H30N4O5/c1-15-8-7-11-29-21(16(2)27-25(15)29)23(31)20-22(18-14-17(34-5)9-10-19(18)35-6)30(13-12-28(3)4)26(33)24(20)32/h7-11,14,22,31H,12-13H2,1-6H3. The number of likely N-dealkylation sites (N-methyl/N-ethyl adjacent to an activating group) is 1. The summed E-state index contributed by atoms with van der Waals surface area (Å²) >= 11 is 0. The van der Waals surface area contributed by atoms with Gasteiger partial charge in [-0.15, -0.1) is 0 Å². The zero-order chi connectivity index (χ0) is 25.4. The van der Waals surface area contributed by atoms with E-state index < -0.39 is 17.7 Å². The molecule has 0 aliphatic carbocycles. The van der Waals surface area contributed by atoms with E-state index >= 15 is 0 Å². The molecule has 1 amide bonds. The Bertz CT molecular complexity index is 1340. The third-order valence-electron chi connectivity index (χ3n) is 6.30. The molecule has 9 nitrogen and oxygen atoms in total. The van der Waals surface area contributed by atoms with Crippen molar-refractivity contribution >= 4 is 23.1 Å². The van der Waals surface area contributed by atoms with Gasteiger partial charge in [-0.1, -0.05) is 6.07 Å². The lowest BCUT2D eigenvalue weighted by Crippen LogP contribution is -2.35. The Morgan fingerprint density at radius 2 is 1.89 bits per heavy atom. The van der Waals surface area contributed by atoms with Crippen molar-refractivity contribution in [2.75, 3.05) is 41.4 Å². The molecule has 35 heavy (non-hydrogen) atoms. The minimum Gasteiger partial charge on any atom is -0.505 e. The van der Waals surface area contributed by atoms with Crippen LogP contribution in [-0.2, 0) is 9.59 Å². The van der Waals surface area contributed by atoms with E-state index in [1.165, 1.54) is 12.0 Å². The van der Waals surface area contributed by atoms with Crippen LogP contribution in [0.4, 0.5) is 0 Å². The smallest absolute Gasteiger partial charge is 0.295 e. The van der Waals surface area contributed by atoms with Gasteiger partial charge in [0.1, 0.15) is 22.8 Å². The van der Waals surface area contributed by atoms with E-state index in [1.807, 2.05) is 38.1 Å². The number of aromatic nitrogens is 2. The van der Waals surface area contributed by atoms with Gasteiger partial charge in [-0.25, -0.2) is 4.98 Å². The number of carbonyl (C=O) groups is 2. The van der Waals surface area contributed by atoms with Crippen LogP contribution in [0.1, 0.15) is 28.6 Å². The lowest BCUT2D eigenvalue weighted by atomic mass is 9.95. The number of aliphatic hydroxyl groups is 1. The monoisotopic (exact) mass is 478 g/mol. The van der Waals surface area contributed by atoms with E-state index in [0.29, 0.717) is 40.6 Å². The Labute approximate surface area is 204 Å². The molecule has 1 N–H and O–H groups in total. The van der Waals surface area contributed by atoms with Crippen molar-refractivity contribution in [3.63, 3.8) is 0 Å². The van der Waals surface area contributed by atoms with Gasteiger partial charge < -0.3 is 24.4 Å². The van der Waals surface area contributed by atoms with E-state index in [0.717, 1.165) is 5.56 Å². The largest absolute Gasteiger partial charge is 0.505 e. The minimum atomic E-state index is -0.866. The van der Waals surface area contributed by atoms with Crippen LogP contribution in [0.25, 0.3) is 11.4 Å². The second kappa shape index (κ2) is 9.42. The number of ketones is 1. The highest BCUT2D eigenvalue weighted by atomic mass is 16.5. The van der Waals surface area contributed by atoms with Crippen LogP contribution in [0, 0.1) is 13.8 Å². The number of fused-ring (bicyclic) bond motifs is 1. The van der Waals surface area contributed by atoms with Gasteiger partial charge in [-0.05, 0) is 57.8 Å². The summed E-state index contributed by atoms with van der Waals surface area (Å²) in [6.07, 6.45) is 1.78. The summed E-state index contributed by atoms with van der Waals surface area (Å²) in [7, 11) is 6.84. The maximum absolute atomic E-state index is 13.4. The van der Waals surface area contributed by atoms with E-state index in [2.05, 4.69) is 4.98 Å². The number of ether oxygens (including phenoxy) is 2. The summed E-state index contributed by atoms with van der Waals surface area (Å²) < 4.78 is 12.8. The van der Waals surface area contributed by atoms with Crippen molar-refractivity contribution in [3.05, 3.63) is 64.6 Å². The average molecular weight is 479 g/mol. The first-order chi connectivity index (χ1) is 16.7. The Morgan fingerprint density at radius 3 is 2.54 bits per heavy atom. The molecule has 1 aromatic carbocycles. The number of imidazole rings is 1. The first-order valence-corrected chi connectivity index (χ1v) is 11.3. The Hall–Kier alpha value is -3.85. The van der Waals surface area contributed by atoms with E-state index in [-0.39, 0.29) is 17.9 Å². The number of hydrogen-bond acceptors (Lipinski definition) is 7. The predicted molar refractivity (Wildman–Crippen MR) is 132 cm³/mol. The number of nitrogens with zero attached hydrogens (tertiary/aromatic N) is 4. The number of pyridine rings is 1. The van der Waals surface area contributed by atoms with Gasteiger partial charge in [-0.3, -0.25) is 14.0 Å². The van der Waals surface area contributed by atoms with Crippen molar-refractivity contribution in [2.24, 2.45) is 0 Å². The summed E-state index contributed by atoms with van der Waals surface area (Å²) in [5.41, 5.74) is 3.06. The maximum Gasteiger partial charge on any atom is 0.295 e. The summed E-state index contributed by atoms with van der Waals surface area (Å²) in [4.78, 5) is 34.7. The van der Waals surface area contributed by atoms with Gasteiger partial charge in [0.15, 0.2) is 5.76 Å². The normalized spacial score (nSPS) is 17.6. The van der Waals surface area contributed by atoms with Gasteiger partial charge in [0.25, 0.3) is 11.7 Å². The molecule has 184 valence electrons. The average Bonchev–Trinajstić information content (AvgIpc) is 3.31. The first kappa shape index (κ1) is 24.3. The zero-order valence-electron chi connectivity index (χ0n) is 20.8. The molecule has 0 bridgehead atoms. The van der Waals surface area contributed by atoms with Crippen LogP contribution in [0.2, 0.25) is 0 Å². The Kier molecular flexibility index (Phi) is 6.53. The fourth-order valence-corrected chi connectivity index (χ4v) is 4.52. The highest BCUT2D eigenvalue weighted by Crippen LogP contribution is 2.44. The SMILES string of the molecule is COc1ccc(OC)c(C2C(=C(O)c3c(C)nc4c(C)cccn34)C(=O)C(=O)N2CCN(C)C)c1. The number of hydrogen-bond donors (Lipinski definition) is 1. The van der Waals surface area contributed by atoms with E-state index in [1.54, 1.807) is 42.8 Å². The highest BCUT2D eigenvalue weighted by Gasteiger charge is 2.47. The molecule has 2 aromatic heterocycles. The second-order valence-corrected chi connectivity index (χ2v) is 8.83. The van der Waals surface area contributed by atoms with Crippen molar-refractivity contribution in [3.8, 4) is 11.5 Å². The summed E-state index contributed by atoms with van der Waals surface area (Å²) in [5, 5.41) is 11.6. The number of amides is 1. The number of methoxy groups -OCH3 is 2. The summed E-state index contributed by atoms with van der Waals surface area (Å²) in [6.45, 7) is 4.51. The summed E-state index contributed by atoms with van der Waals surface area (Å²) in [6, 6.07) is 8.10. The number of aliphatic hydroxyl groups excluding tert-OH is 1. The molecule has 1 aliphatic rings. The number of rotatable bonds is 7. The maximum atomic E-state index is 13.4. The Morgan fingerprint density at radius 1 is 1.14 bits per heavy atom. The molecule has 3 aromatic rings. The number of aryl methyl sites for hydroxylation is 2. The van der Waals surface area contributed by atoms with Crippen molar-refractivity contribution in [1.82, 2.24) is 19.2 Å². The first-order valence-electron chi connectivity index (χ1n) is 11.3. The van der Waals surface area contributed by atoms with Gasteiger partial charge >= 0.3 is 0 Å². The molecule has 3 heterocycles. The molecule has 1 saturated heterocycles. The van der Waals surface area contributed by atoms with Crippen molar-refractivity contribution in [1.29, 1.82) is 0 Å². The van der Waals surface area contributed by atoms with Crippen LogP contribution >= 0.6 is 0 Å². The molecule has 0 spiro atoms. The molecule has 0 saturated carbocycles. The molecule has 4 rings (SSSR count). The number of likely N-dealkylation sites (tertiary alicyclic amines) is 1. The highest BCUT2D eigenvalue weighted by molar-refractivity contribution is 6.46. The quantitative estimate of drug-likeness (QED) is 0.317. The minimum absolute atomic E-state index is 0.00767. The van der Waals surface area contributed by atoms with E-state index in [9.17, 15) is 14.7 Å². The van der Waals surface area contributed by atoms with Crippen molar-refractivity contribution in [2.45, 2.75) is 19.9 Å². The lowest BCUT2D eigenvalue weighted by Gasteiger charge is -2.28. The van der Waals surface area contributed by atoms with Gasteiger partial charge in [0.2, 0.25) is 0 Å². The third kappa shape index (κ3) is 4.12. The third-order valence-corrected chi connectivity index (χ3v) is 6.30. The van der Waals surface area contributed by atoms with Crippen LogP contribution in [-0.4, -0.2) is 77.4 Å². The van der Waals surface area contributed by atoms with Gasteiger partial charge in [0, 0.05) is 24.8 Å². The second-order valence-electron chi connectivity index (χ2n) is 8.83. The molecule has 0 radical (unpaired) electrons. The van der Waals surface area contributed by atoms with Crippen LogP contribution in [0.5, 0.6) is 11.5 Å². The number of Topliss-reactive ketones (excluding diaryl/α,β-unsaturated/α-hetero) is 1. The van der Waals surface area contributed by atoms with Crippen LogP contribution < -0.4 is 9.47 Å². The zero-order valence-corrected chi connectivity index (χ0v) is 20.8. The number of carbonyl (C=O) groups excluding carboxylic acids is 2. The topological polar surface area (TPSA) is 96.6 Å². The molecular weight excluding hydrogens is 448 g/mol. The molecule has 1 fully saturated rings. The molecular formula is C26H30N4O5. The molecule has 1 aliphatic heterocycles. The molecule has 1 atom stereocenters. The molecule has 9 heteroatoms. The van der Waals surface area contributed by atoms with Crippen molar-refractivity contribution < 1.29 is 24.2 Å². The van der Waals surface area contributed by atoms with Crippen LogP contribution in [0.15, 0.2) is 42.1 Å². The van der Waals surface area contributed by atoms with Gasteiger partial charge in [0.05, 0.1) is 31.5 Å². The van der Waals surface area contributed by atoms with Crippen LogP contribution in [0.3, 0.4) is 0 Å². The number of benzene rings is 1.